The number of hydrogen-bond acceptors (Lipinski definition) is 2. The second-order valence-electron chi connectivity index (χ2n) is 4.70. The number of hydrogen-bond donors (Lipinski definition) is 1. The summed E-state index contributed by atoms with van der Waals surface area (Å²) >= 11 is 0. The van der Waals surface area contributed by atoms with E-state index < -0.39 is 0 Å². The largest absolute Gasteiger partial charge is 0.331 e. The van der Waals surface area contributed by atoms with Crippen molar-refractivity contribution in [1.82, 2.24) is 9.55 Å². The van der Waals surface area contributed by atoms with Gasteiger partial charge in [0.2, 0.25) is 0 Å². The topological polar surface area (TPSA) is 43.8 Å². The second-order valence-corrected chi connectivity index (χ2v) is 4.70. The number of aryl methyl sites for hydroxylation is 1. The molecule has 3 heteroatoms. The summed E-state index contributed by atoms with van der Waals surface area (Å²) in [6.45, 7) is 4.33. The van der Waals surface area contributed by atoms with E-state index in [1.54, 1.807) is 0 Å². The van der Waals surface area contributed by atoms with Crippen LogP contribution in [0.1, 0.15) is 44.5 Å². The lowest BCUT2D eigenvalue weighted by atomic mass is 9.81. The summed E-state index contributed by atoms with van der Waals surface area (Å²) in [7, 11) is 0. The molecule has 0 radical (unpaired) electrons. The highest BCUT2D eigenvalue weighted by molar-refractivity contribution is 4.97. The van der Waals surface area contributed by atoms with Gasteiger partial charge in [0, 0.05) is 18.4 Å². The van der Waals surface area contributed by atoms with Crippen molar-refractivity contribution in [1.29, 1.82) is 0 Å². The van der Waals surface area contributed by atoms with Gasteiger partial charge in [-0.15, -0.1) is 0 Å². The highest BCUT2D eigenvalue weighted by atomic mass is 15.1. The molecule has 1 aliphatic rings. The number of nitrogens with two attached hydrogens (primary N) is 1. The molecule has 0 spiro atoms. The summed E-state index contributed by atoms with van der Waals surface area (Å²) in [5.74, 6) is 1.93. The van der Waals surface area contributed by atoms with E-state index in [1.807, 2.05) is 6.20 Å². The third kappa shape index (κ3) is 2.07. The molecule has 1 aromatic rings. The zero-order valence-corrected chi connectivity index (χ0v) is 9.69. The van der Waals surface area contributed by atoms with Crippen LogP contribution in [0.25, 0.3) is 0 Å². The summed E-state index contributed by atoms with van der Waals surface area (Å²) in [5, 5.41) is 0. The molecule has 2 N–H and O–H groups in total. The molecule has 1 heterocycles. The molecule has 0 bridgehead atoms. The Kier molecular flexibility index (Phi) is 3.10. The first-order valence-electron chi connectivity index (χ1n) is 5.97. The molecule has 0 aromatic carbocycles. The maximum absolute atomic E-state index is 6.21. The van der Waals surface area contributed by atoms with Gasteiger partial charge in [0.1, 0.15) is 5.82 Å². The van der Waals surface area contributed by atoms with E-state index in [1.165, 1.54) is 19.3 Å². The van der Waals surface area contributed by atoms with Crippen molar-refractivity contribution in [3.8, 4) is 0 Å². The molecule has 1 aromatic heterocycles. The van der Waals surface area contributed by atoms with Crippen LogP contribution in [-0.4, -0.2) is 15.6 Å². The smallest absolute Gasteiger partial charge is 0.105 e. The van der Waals surface area contributed by atoms with Crippen LogP contribution >= 0.6 is 0 Å². The maximum Gasteiger partial charge on any atom is 0.105 e. The summed E-state index contributed by atoms with van der Waals surface area (Å²) in [6.07, 6.45) is 8.88. The number of aromatic nitrogens is 2. The summed E-state index contributed by atoms with van der Waals surface area (Å²) in [4.78, 5) is 4.28. The molecule has 1 fully saturated rings. The molecule has 1 aliphatic carbocycles. The van der Waals surface area contributed by atoms with Crippen LogP contribution in [0.15, 0.2) is 12.4 Å². The van der Waals surface area contributed by atoms with Crippen LogP contribution in [-0.2, 0) is 0 Å². The SMILES string of the molecule is CCC1CCC(N)C(n2ccnc2C)C1. The third-order valence-corrected chi connectivity index (χ3v) is 3.77. The van der Waals surface area contributed by atoms with Crippen molar-refractivity contribution >= 4 is 0 Å². The number of rotatable bonds is 2. The van der Waals surface area contributed by atoms with Crippen LogP contribution in [0.4, 0.5) is 0 Å². The first-order chi connectivity index (χ1) is 7.22. The van der Waals surface area contributed by atoms with Gasteiger partial charge in [-0.1, -0.05) is 13.3 Å². The first-order valence-corrected chi connectivity index (χ1v) is 5.97. The van der Waals surface area contributed by atoms with Crippen molar-refractivity contribution in [2.75, 3.05) is 0 Å². The molecule has 2 rings (SSSR count). The van der Waals surface area contributed by atoms with Crippen molar-refractivity contribution in [3.05, 3.63) is 18.2 Å². The Labute approximate surface area is 91.7 Å². The molecule has 3 nitrogen and oxygen atoms in total. The van der Waals surface area contributed by atoms with Gasteiger partial charge in [-0.05, 0) is 32.1 Å². The quantitative estimate of drug-likeness (QED) is 0.808. The molecule has 15 heavy (non-hydrogen) atoms. The zero-order chi connectivity index (χ0) is 10.8. The Morgan fingerprint density at radius 3 is 2.93 bits per heavy atom. The monoisotopic (exact) mass is 207 g/mol. The minimum Gasteiger partial charge on any atom is -0.331 e. The van der Waals surface area contributed by atoms with Gasteiger partial charge >= 0.3 is 0 Å². The van der Waals surface area contributed by atoms with Gasteiger partial charge in [-0.2, -0.15) is 0 Å². The normalized spacial score (nSPS) is 31.8. The standard InChI is InChI=1S/C12H21N3/c1-3-10-4-5-11(13)12(8-10)15-7-6-14-9(15)2/h6-7,10-12H,3-5,8,13H2,1-2H3. The van der Waals surface area contributed by atoms with Gasteiger partial charge in [-0.3, -0.25) is 0 Å². The van der Waals surface area contributed by atoms with Crippen LogP contribution in [0.3, 0.4) is 0 Å². The molecule has 1 saturated carbocycles. The molecule has 0 aliphatic heterocycles. The minimum atomic E-state index is 0.306. The average molecular weight is 207 g/mol. The molecule has 3 atom stereocenters. The van der Waals surface area contributed by atoms with Crippen LogP contribution in [0.5, 0.6) is 0 Å². The second kappa shape index (κ2) is 4.35. The average Bonchev–Trinajstić information content (AvgIpc) is 2.65. The van der Waals surface area contributed by atoms with Crippen molar-refractivity contribution in [2.45, 2.75) is 51.6 Å². The van der Waals surface area contributed by atoms with E-state index in [4.69, 9.17) is 5.73 Å². The van der Waals surface area contributed by atoms with Gasteiger partial charge in [0.25, 0.3) is 0 Å². The van der Waals surface area contributed by atoms with E-state index in [0.29, 0.717) is 12.1 Å². The van der Waals surface area contributed by atoms with Gasteiger partial charge < -0.3 is 10.3 Å². The van der Waals surface area contributed by atoms with E-state index >= 15 is 0 Å². The fourth-order valence-electron chi connectivity index (χ4n) is 2.68. The molecular formula is C12H21N3. The first kappa shape index (κ1) is 10.7. The van der Waals surface area contributed by atoms with Gasteiger partial charge in [0.15, 0.2) is 0 Å². The van der Waals surface area contributed by atoms with Gasteiger partial charge in [-0.25, -0.2) is 4.98 Å². The molecule has 0 amide bonds. The zero-order valence-electron chi connectivity index (χ0n) is 9.69. The Morgan fingerprint density at radius 1 is 1.53 bits per heavy atom. The molecule has 0 saturated heterocycles. The Bertz CT molecular complexity index is 318. The van der Waals surface area contributed by atoms with Crippen molar-refractivity contribution < 1.29 is 0 Å². The van der Waals surface area contributed by atoms with Crippen molar-refractivity contribution in [3.63, 3.8) is 0 Å². The predicted octanol–water partition coefficient (Wildman–Crippen LogP) is 2.27. The highest BCUT2D eigenvalue weighted by Gasteiger charge is 2.28. The molecule has 3 unspecified atom stereocenters. The lowest BCUT2D eigenvalue weighted by Crippen LogP contribution is -2.37. The van der Waals surface area contributed by atoms with E-state index in [9.17, 15) is 0 Å². The predicted molar refractivity (Wildman–Crippen MR) is 61.6 cm³/mol. The minimum absolute atomic E-state index is 0.306. The van der Waals surface area contributed by atoms with E-state index in [2.05, 4.69) is 29.6 Å². The third-order valence-electron chi connectivity index (χ3n) is 3.77. The fraction of sp³-hybridized carbons (Fsp3) is 0.750. The van der Waals surface area contributed by atoms with Gasteiger partial charge in [0.05, 0.1) is 6.04 Å². The summed E-state index contributed by atoms with van der Waals surface area (Å²) < 4.78 is 2.26. The van der Waals surface area contributed by atoms with Crippen molar-refractivity contribution in [2.24, 2.45) is 11.7 Å². The lowest BCUT2D eigenvalue weighted by molar-refractivity contribution is 0.227. The Morgan fingerprint density at radius 2 is 2.33 bits per heavy atom. The fourth-order valence-corrected chi connectivity index (χ4v) is 2.68. The summed E-state index contributed by atoms with van der Waals surface area (Å²) in [5.41, 5.74) is 6.21. The Hall–Kier alpha value is -0.830. The van der Waals surface area contributed by atoms with Crippen LogP contribution in [0, 0.1) is 12.8 Å². The maximum atomic E-state index is 6.21. The highest BCUT2D eigenvalue weighted by Crippen LogP contribution is 2.33. The number of nitrogens with zero attached hydrogens (tertiary/aromatic N) is 2. The lowest BCUT2D eigenvalue weighted by Gasteiger charge is -2.35. The van der Waals surface area contributed by atoms with E-state index in [0.717, 1.165) is 18.2 Å². The van der Waals surface area contributed by atoms with Crippen LogP contribution in [0.2, 0.25) is 0 Å². The van der Waals surface area contributed by atoms with Crippen LogP contribution < -0.4 is 5.73 Å². The molecular weight excluding hydrogens is 186 g/mol. The summed E-state index contributed by atoms with van der Waals surface area (Å²) in [6, 6.07) is 0.770. The number of imidazole rings is 1. The van der Waals surface area contributed by atoms with E-state index in [-0.39, 0.29) is 0 Å². The Balaban J connectivity index is 2.16. The molecule has 84 valence electrons.